The summed E-state index contributed by atoms with van der Waals surface area (Å²) in [6, 6.07) is 6.62. The van der Waals surface area contributed by atoms with Crippen molar-refractivity contribution in [3.63, 3.8) is 0 Å². The predicted octanol–water partition coefficient (Wildman–Crippen LogP) is 2.73. The summed E-state index contributed by atoms with van der Waals surface area (Å²) in [7, 11) is 1.46. The highest BCUT2D eigenvalue weighted by atomic mass is 79.9. The average Bonchev–Trinajstić information content (AvgIpc) is 2.61. The van der Waals surface area contributed by atoms with Crippen molar-refractivity contribution in [2.45, 2.75) is 0 Å². The zero-order valence-electron chi connectivity index (χ0n) is 13.8. The maximum Gasteiger partial charge on any atom is 0.277 e. The molecule has 1 amide bonds. The molecule has 27 heavy (non-hydrogen) atoms. The number of halogens is 2. The van der Waals surface area contributed by atoms with Crippen molar-refractivity contribution in [3.8, 4) is 17.2 Å². The first-order valence-electron chi connectivity index (χ1n) is 7.25. The molecule has 11 heteroatoms. The van der Waals surface area contributed by atoms with Gasteiger partial charge in [0.1, 0.15) is 0 Å². The van der Waals surface area contributed by atoms with Crippen LogP contribution >= 0.6 is 31.9 Å². The molecule has 0 aliphatic rings. The van der Waals surface area contributed by atoms with E-state index >= 15 is 0 Å². The Labute approximate surface area is 170 Å². The molecule has 9 nitrogen and oxygen atoms in total. The molecule has 0 aliphatic carbocycles. The van der Waals surface area contributed by atoms with Crippen LogP contribution in [-0.4, -0.2) is 30.8 Å². The van der Waals surface area contributed by atoms with Gasteiger partial charge >= 0.3 is 0 Å². The third-order valence-corrected chi connectivity index (χ3v) is 4.19. The number of carbonyl (C=O) groups is 1. The van der Waals surface area contributed by atoms with Crippen LogP contribution in [-0.2, 0) is 4.79 Å². The zero-order valence-corrected chi connectivity index (χ0v) is 16.9. The standard InChI is InChI=1S/C16H13Br2N3O6/c1-26-14-6-10(17)5-12(18)16(14)27-8-15(23)20-19-7-9-4-11(21(24)25)2-3-13(9)22/h2-7,22H,8H2,1H3,(H,20,23)/p-1/b19-7-. The molecule has 0 saturated heterocycles. The van der Waals surface area contributed by atoms with Gasteiger partial charge in [-0.2, -0.15) is 5.10 Å². The summed E-state index contributed by atoms with van der Waals surface area (Å²) in [6.07, 6.45) is 1.03. The molecular weight excluding hydrogens is 490 g/mol. The lowest BCUT2D eigenvalue weighted by Crippen LogP contribution is -2.24. The van der Waals surface area contributed by atoms with E-state index in [0.29, 0.717) is 16.0 Å². The lowest BCUT2D eigenvalue weighted by atomic mass is 10.2. The Morgan fingerprint density at radius 1 is 1.33 bits per heavy atom. The van der Waals surface area contributed by atoms with Crippen LogP contribution in [0, 0.1) is 10.1 Å². The molecule has 2 aromatic rings. The molecule has 0 aromatic heterocycles. The first-order valence-corrected chi connectivity index (χ1v) is 8.83. The molecule has 2 rings (SSSR count). The third-order valence-electron chi connectivity index (χ3n) is 3.14. The van der Waals surface area contributed by atoms with Gasteiger partial charge in [0.05, 0.1) is 22.7 Å². The Kier molecular flexibility index (Phi) is 7.13. The van der Waals surface area contributed by atoms with Crippen molar-refractivity contribution < 1.29 is 24.3 Å². The molecule has 0 spiro atoms. The second-order valence-electron chi connectivity index (χ2n) is 4.98. The number of non-ortho nitro benzene ring substituents is 1. The van der Waals surface area contributed by atoms with Crippen molar-refractivity contribution in [1.29, 1.82) is 0 Å². The molecule has 0 heterocycles. The molecule has 142 valence electrons. The number of nitro benzene ring substituents is 1. The fourth-order valence-corrected chi connectivity index (χ4v) is 3.22. The number of ether oxygens (including phenoxy) is 2. The van der Waals surface area contributed by atoms with Crippen molar-refractivity contribution in [2.24, 2.45) is 5.10 Å². The number of benzene rings is 2. The van der Waals surface area contributed by atoms with Crippen LogP contribution in [0.2, 0.25) is 0 Å². The lowest BCUT2D eigenvalue weighted by Gasteiger charge is -2.12. The number of methoxy groups -OCH3 is 1. The first kappa shape index (κ1) is 20.6. The number of nitrogens with zero attached hydrogens (tertiary/aromatic N) is 2. The summed E-state index contributed by atoms with van der Waals surface area (Å²) < 4.78 is 12.0. The van der Waals surface area contributed by atoms with E-state index in [1.54, 1.807) is 12.1 Å². The van der Waals surface area contributed by atoms with Crippen molar-refractivity contribution in [2.75, 3.05) is 13.7 Å². The van der Waals surface area contributed by atoms with Gasteiger partial charge in [0, 0.05) is 16.6 Å². The second-order valence-corrected chi connectivity index (χ2v) is 6.75. The number of rotatable bonds is 7. The fraction of sp³-hybridized carbons (Fsp3) is 0.125. The Bertz CT molecular complexity index is 904. The topological polar surface area (TPSA) is 126 Å². The predicted molar refractivity (Wildman–Crippen MR) is 102 cm³/mol. The number of nitro groups is 1. The lowest BCUT2D eigenvalue weighted by molar-refractivity contribution is -0.385. The normalized spacial score (nSPS) is 10.6. The van der Waals surface area contributed by atoms with Gasteiger partial charge in [-0.3, -0.25) is 14.9 Å². The second kappa shape index (κ2) is 9.33. The number of hydrazone groups is 1. The molecule has 0 aliphatic heterocycles. The molecule has 1 N–H and O–H groups in total. The van der Waals surface area contributed by atoms with Gasteiger partial charge in [-0.1, -0.05) is 27.7 Å². The molecule has 2 aromatic carbocycles. The highest BCUT2D eigenvalue weighted by molar-refractivity contribution is 9.11. The van der Waals surface area contributed by atoms with Crippen LogP contribution in [0.4, 0.5) is 5.69 Å². The summed E-state index contributed by atoms with van der Waals surface area (Å²) in [5, 5.41) is 26.0. The summed E-state index contributed by atoms with van der Waals surface area (Å²) >= 11 is 6.62. The van der Waals surface area contributed by atoms with Gasteiger partial charge < -0.3 is 14.6 Å². The van der Waals surface area contributed by atoms with E-state index in [9.17, 15) is 20.0 Å². The van der Waals surface area contributed by atoms with Gasteiger partial charge in [0.15, 0.2) is 18.1 Å². The Morgan fingerprint density at radius 3 is 2.74 bits per heavy atom. The smallest absolute Gasteiger partial charge is 0.277 e. The van der Waals surface area contributed by atoms with Gasteiger partial charge in [-0.15, -0.1) is 0 Å². The molecule has 0 unspecified atom stereocenters. The molecule has 0 bridgehead atoms. The van der Waals surface area contributed by atoms with Gasteiger partial charge in [-0.25, -0.2) is 5.43 Å². The van der Waals surface area contributed by atoms with Crippen molar-refractivity contribution in [1.82, 2.24) is 5.43 Å². The van der Waals surface area contributed by atoms with E-state index in [2.05, 4.69) is 42.4 Å². The van der Waals surface area contributed by atoms with E-state index in [-0.39, 0.29) is 17.9 Å². The summed E-state index contributed by atoms with van der Waals surface area (Å²) in [5.41, 5.74) is 1.90. The van der Waals surface area contributed by atoms with E-state index in [4.69, 9.17) is 9.47 Å². The van der Waals surface area contributed by atoms with E-state index in [1.165, 1.54) is 7.11 Å². The van der Waals surface area contributed by atoms with Crippen LogP contribution in [0.15, 0.2) is 44.4 Å². The number of hydrogen-bond acceptors (Lipinski definition) is 7. The monoisotopic (exact) mass is 500 g/mol. The average molecular weight is 502 g/mol. The highest BCUT2D eigenvalue weighted by Gasteiger charge is 2.13. The number of carbonyl (C=O) groups excluding carboxylic acids is 1. The van der Waals surface area contributed by atoms with Crippen molar-refractivity contribution in [3.05, 3.63) is 55.0 Å². The Balaban J connectivity index is 1.99. The third kappa shape index (κ3) is 5.66. The number of amides is 1. The fourth-order valence-electron chi connectivity index (χ4n) is 1.92. The molecule has 0 saturated carbocycles. The van der Waals surface area contributed by atoms with E-state index < -0.39 is 16.6 Å². The van der Waals surface area contributed by atoms with Crippen LogP contribution in [0.1, 0.15) is 5.56 Å². The van der Waals surface area contributed by atoms with E-state index in [1.807, 2.05) is 0 Å². The van der Waals surface area contributed by atoms with Gasteiger partial charge in [-0.05, 0) is 33.6 Å². The molecular formula is C16H12Br2N3O6-. The Hall–Kier alpha value is -2.66. The number of nitrogens with one attached hydrogen (secondary N) is 1. The first-order chi connectivity index (χ1) is 12.8. The molecule has 0 radical (unpaired) electrons. The zero-order chi connectivity index (χ0) is 20.0. The van der Waals surface area contributed by atoms with Crippen LogP contribution in [0.25, 0.3) is 0 Å². The van der Waals surface area contributed by atoms with Crippen molar-refractivity contribution >= 4 is 49.7 Å². The van der Waals surface area contributed by atoms with Gasteiger partial charge in [0.2, 0.25) is 0 Å². The van der Waals surface area contributed by atoms with E-state index in [0.717, 1.165) is 28.9 Å². The maximum atomic E-state index is 11.8. The van der Waals surface area contributed by atoms with Crippen LogP contribution < -0.4 is 20.0 Å². The van der Waals surface area contributed by atoms with Gasteiger partial charge in [0.25, 0.3) is 11.6 Å². The quantitative estimate of drug-likeness (QED) is 0.353. The minimum atomic E-state index is -0.632. The van der Waals surface area contributed by atoms with Crippen LogP contribution in [0.5, 0.6) is 17.2 Å². The SMILES string of the molecule is COc1cc(Br)cc(Br)c1OCC(=O)N/N=C\c1cc([N+](=O)[O-])ccc1[O-]. The number of hydrogen-bond donors (Lipinski definition) is 1. The highest BCUT2D eigenvalue weighted by Crippen LogP contribution is 2.38. The Morgan fingerprint density at radius 2 is 2.07 bits per heavy atom. The minimum Gasteiger partial charge on any atom is -0.872 e. The largest absolute Gasteiger partial charge is 0.872 e. The minimum absolute atomic E-state index is 0.0252. The molecule has 0 atom stereocenters. The summed E-state index contributed by atoms with van der Waals surface area (Å²) in [5.74, 6) is -0.306. The maximum absolute atomic E-state index is 11.8. The molecule has 0 fully saturated rings. The summed E-state index contributed by atoms with van der Waals surface area (Å²) in [6.45, 7) is -0.368. The van der Waals surface area contributed by atoms with Crippen LogP contribution in [0.3, 0.4) is 0 Å². The summed E-state index contributed by atoms with van der Waals surface area (Å²) in [4.78, 5) is 21.9.